The number of carbonyl (C=O) groups is 2. The fourth-order valence-corrected chi connectivity index (χ4v) is 10.5. The van der Waals surface area contributed by atoms with E-state index < -0.39 is 25.5 Å². The van der Waals surface area contributed by atoms with Crippen LogP contribution in [0.5, 0.6) is 6.01 Å². The van der Waals surface area contributed by atoms with Crippen LogP contribution in [0.1, 0.15) is 83.6 Å². The molecule has 0 amide bonds. The maximum atomic E-state index is 13.5. The third kappa shape index (κ3) is 15.6. The van der Waals surface area contributed by atoms with E-state index in [9.17, 15) is 19.5 Å². The Labute approximate surface area is 536 Å². The van der Waals surface area contributed by atoms with Crippen LogP contribution < -0.4 is 44.5 Å². The molecule has 1 unspecified atom stereocenters. The number of nitrogens with zero attached hydrogens (tertiary/aromatic N) is 10. The molecule has 0 radical (unpaired) electrons. The van der Waals surface area contributed by atoms with Crippen molar-refractivity contribution in [3.8, 4) is 28.3 Å². The molecule has 0 bridgehead atoms. The predicted molar refractivity (Wildman–Crippen MR) is 345 cm³/mol. The number of anilines is 3. The van der Waals surface area contributed by atoms with E-state index in [1.54, 1.807) is 121 Å². The Morgan fingerprint density at radius 3 is 1.92 bits per heavy atom. The number of H-pyrrole nitrogens is 2. The minimum Gasteiger partial charge on any atom is -0.465 e. The van der Waals surface area contributed by atoms with Crippen LogP contribution in [0.15, 0.2) is 146 Å². The first kappa shape index (κ1) is 67.5. The van der Waals surface area contributed by atoms with Crippen molar-refractivity contribution in [3.05, 3.63) is 200 Å². The van der Waals surface area contributed by atoms with E-state index in [0.29, 0.717) is 73.3 Å². The Hall–Kier alpha value is -9.06. The third-order valence-corrected chi connectivity index (χ3v) is 16.4. The van der Waals surface area contributed by atoms with E-state index in [1.807, 2.05) is 76.3 Å². The zero-order valence-corrected chi connectivity index (χ0v) is 55.1. The maximum absolute atomic E-state index is 13.5. The van der Waals surface area contributed by atoms with E-state index in [-0.39, 0.29) is 54.2 Å². The fraction of sp³-hybridized carbons (Fsp3) is 0.266. The molecular formula is C64H70BrLiN14O8Si. The van der Waals surface area contributed by atoms with Gasteiger partial charge in [-0.3, -0.25) is 14.8 Å². The molecule has 25 heteroatoms. The molecule has 5 N–H and O–H groups in total. The number of ketones is 1. The van der Waals surface area contributed by atoms with Crippen LogP contribution in [-0.2, 0) is 10.3 Å². The molecule has 22 nitrogen and oxygen atoms in total. The van der Waals surface area contributed by atoms with Gasteiger partial charge in [0.15, 0.2) is 5.60 Å². The number of rotatable bonds is 13. The number of aromatic nitrogens is 11. The molecule has 0 saturated heterocycles. The molecule has 11 aromatic rings. The van der Waals surface area contributed by atoms with Crippen LogP contribution in [0.4, 0.5) is 22.2 Å². The number of halogens is 1. The zero-order chi connectivity index (χ0) is 63.7. The second-order valence-corrected chi connectivity index (χ2v) is 27.9. The summed E-state index contributed by atoms with van der Waals surface area (Å²) in [5.74, 6) is 3.37. The quantitative estimate of drug-likeness (QED) is 0.0311. The Morgan fingerprint density at radius 2 is 1.39 bits per heavy atom. The summed E-state index contributed by atoms with van der Waals surface area (Å²) >= 11 is 3.25. The van der Waals surface area contributed by atoms with E-state index in [2.05, 4.69) is 114 Å². The van der Waals surface area contributed by atoms with Gasteiger partial charge in [0.2, 0.25) is 5.78 Å². The molecule has 2 aromatic carbocycles. The largest absolute Gasteiger partial charge is 1.00 e. The van der Waals surface area contributed by atoms with Crippen molar-refractivity contribution in [2.45, 2.75) is 86.2 Å². The summed E-state index contributed by atoms with van der Waals surface area (Å²) in [6.07, 6.45) is 5.34. The third-order valence-electron chi connectivity index (χ3n) is 13.7. The summed E-state index contributed by atoms with van der Waals surface area (Å²) in [7, 11) is 4.45. The Kier molecular flexibility index (Phi) is 21.9. The minimum atomic E-state index is -1.77. The number of carbonyl (C=O) groups excluding carboxylic acids is 2. The number of hydrogen-bond donors (Lipinski definition) is 5. The summed E-state index contributed by atoms with van der Waals surface area (Å²) < 4.78 is 26.4. The number of benzene rings is 2. The SMILES string of the molecule is CCOc1nc2c(C(=O)c3ccccn3)cc(-c3c(C)noc3C)cc2n1C(=O)OC(C)(C)C.CN(c1ccc[c-]n1)[Si](C)(C)C.CNc1cccc(Br)n1.CNc1cccc(C(O)(c2ccccn2)c2cc(-c3c(C)noc3C)cc3[nH]c(=O)[nH]c23)n1.[Li+]. The van der Waals surface area contributed by atoms with Crippen molar-refractivity contribution in [2.24, 2.45) is 0 Å². The van der Waals surface area contributed by atoms with Gasteiger partial charge in [-0.25, -0.2) is 19.6 Å². The number of hydrogen-bond acceptors (Lipinski definition) is 19. The number of aromatic amines is 2. The molecular weight excluding hydrogens is 1210 g/mol. The van der Waals surface area contributed by atoms with Gasteiger partial charge in [-0.05, 0) is 162 Å². The predicted octanol–water partition coefficient (Wildman–Crippen LogP) is 9.40. The van der Waals surface area contributed by atoms with Gasteiger partial charge in [-0.15, -0.1) is 6.07 Å². The monoisotopic (exact) mass is 1280 g/mol. The standard InChI is InChI=1S/C25H26N4O5.C24H22N6O3.C9H15N2Si.C6H7BrN2.Li/c1-7-32-23-27-21-17(22(30)18-10-8-9-11-26-18)12-16(20-14(2)28-34-15(20)3)13-19(21)29(23)24(31)33-25(4,5)6;1-13-21(14(2)33-30-13)15-11-16(22-17(12-15)27-23(31)29-22)24(32,18-7-4-5-10-26-18)19-8-6-9-20(25-3)28-19;1-11(12(2,3)4)9-7-5-6-8-10-9;1-8-6-4-2-3-5(7)9-6;/h8-13H,7H2,1-6H3;4-12,32H,1-3H3,(H,25,28)(H2,27,29,31);5-7H,1-4H3;2-4H,1H3,(H,8,9);/q;;-1;;+1. The van der Waals surface area contributed by atoms with Crippen LogP contribution in [0, 0.1) is 33.9 Å². The molecule has 11 rings (SSSR count). The molecule has 89 heavy (non-hydrogen) atoms. The average Bonchev–Trinajstić information content (AvgIpc) is 2.22. The first-order valence-corrected chi connectivity index (χ1v) is 32.3. The zero-order valence-electron chi connectivity index (χ0n) is 52.5. The summed E-state index contributed by atoms with van der Waals surface area (Å²) in [6, 6.07) is 34.4. The smallest absolute Gasteiger partial charge is 0.465 e. The topological polar surface area (TPSA) is 283 Å². The number of nitrogens with one attached hydrogen (secondary N) is 4. The fourth-order valence-electron chi connectivity index (χ4n) is 9.34. The van der Waals surface area contributed by atoms with Gasteiger partial charge in [0.05, 0.1) is 51.5 Å². The summed E-state index contributed by atoms with van der Waals surface area (Å²) in [6.45, 7) is 21.5. The number of aryl methyl sites for hydroxylation is 4. The van der Waals surface area contributed by atoms with Gasteiger partial charge < -0.3 is 53.8 Å². The molecule has 456 valence electrons. The van der Waals surface area contributed by atoms with Gasteiger partial charge in [0.1, 0.15) is 52.8 Å². The van der Waals surface area contributed by atoms with E-state index in [0.717, 1.165) is 32.9 Å². The van der Waals surface area contributed by atoms with E-state index >= 15 is 0 Å². The summed E-state index contributed by atoms with van der Waals surface area (Å²) in [5, 5.41) is 26.4. The number of ether oxygens (including phenoxy) is 2. The van der Waals surface area contributed by atoms with Gasteiger partial charge >= 0.3 is 36.7 Å². The van der Waals surface area contributed by atoms with Gasteiger partial charge in [0, 0.05) is 49.0 Å². The summed E-state index contributed by atoms with van der Waals surface area (Å²) in [5.41, 5.74) is 4.70. The van der Waals surface area contributed by atoms with Crippen LogP contribution in [0.25, 0.3) is 44.3 Å². The molecule has 1 atom stereocenters. The summed E-state index contributed by atoms with van der Waals surface area (Å²) in [4.78, 5) is 70.7. The normalized spacial score (nSPS) is 11.8. The molecule has 0 aliphatic carbocycles. The minimum absolute atomic E-state index is 0. The van der Waals surface area contributed by atoms with Gasteiger partial charge in [-0.2, -0.15) is 21.7 Å². The van der Waals surface area contributed by atoms with Crippen molar-refractivity contribution in [2.75, 3.05) is 42.9 Å². The van der Waals surface area contributed by atoms with Crippen molar-refractivity contribution >= 4 is 75.6 Å². The van der Waals surface area contributed by atoms with Crippen molar-refractivity contribution in [1.29, 1.82) is 0 Å². The van der Waals surface area contributed by atoms with Crippen LogP contribution in [0.3, 0.4) is 0 Å². The molecule has 9 aromatic heterocycles. The Bertz CT molecular complexity index is 4240. The maximum Gasteiger partial charge on any atom is 1.00 e. The number of imidazole rings is 2. The number of fused-ring (bicyclic) bond motifs is 2. The molecule has 9 heterocycles. The van der Waals surface area contributed by atoms with Crippen LogP contribution in [-0.4, -0.2) is 113 Å². The molecule has 0 spiro atoms. The van der Waals surface area contributed by atoms with Crippen molar-refractivity contribution < 1.29 is 52.1 Å². The van der Waals surface area contributed by atoms with E-state index in [1.165, 1.54) is 4.57 Å². The molecule has 0 fully saturated rings. The van der Waals surface area contributed by atoms with Crippen molar-refractivity contribution in [1.82, 2.24) is 54.8 Å². The number of aliphatic hydroxyl groups is 1. The first-order valence-electron chi connectivity index (χ1n) is 28.0. The van der Waals surface area contributed by atoms with E-state index in [4.69, 9.17) is 18.5 Å². The first-order chi connectivity index (χ1) is 41.9. The number of pyridine rings is 5. The van der Waals surface area contributed by atoms with Gasteiger partial charge in [0.25, 0.3) is 0 Å². The van der Waals surface area contributed by atoms with Crippen molar-refractivity contribution in [3.63, 3.8) is 0 Å². The molecule has 0 saturated carbocycles. The molecule has 0 aliphatic heterocycles. The van der Waals surface area contributed by atoms with Gasteiger partial charge in [-0.1, -0.05) is 60.4 Å². The Balaban J connectivity index is 0.000000190. The second kappa shape index (κ2) is 28.8. The van der Waals surface area contributed by atoms with Crippen LogP contribution in [0.2, 0.25) is 19.6 Å². The second-order valence-electron chi connectivity index (χ2n) is 22.0. The Morgan fingerprint density at radius 1 is 0.775 bits per heavy atom. The van der Waals surface area contributed by atoms with Crippen LogP contribution >= 0.6 is 15.9 Å². The average molecular weight is 1280 g/mol. The molecule has 0 aliphatic rings.